The number of ether oxygens (including phenoxy) is 2. The molecule has 9 nitrogen and oxygen atoms in total. The first-order valence-corrected chi connectivity index (χ1v) is 15.3. The van der Waals surface area contributed by atoms with E-state index in [1.54, 1.807) is 0 Å². The maximum atomic E-state index is 14.1. The molecule has 0 spiro atoms. The summed E-state index contributed by atoms with van der Waals surface area (Å²) in [4.78, 5) is 56.9. The minimum atomic E-state index is -1.16. The van der Waals surface area contributed by atoms with E-state index < -0.39 is 11.9 Å². The molecule has 45 heavy (non-hydrogen) atoms. The van der Waals surface area contributed by atoms with E-state index >= 15 is 0 Å². The van der Waals surface area contributed by atoms with Crippen molar-refractivity contribution in [2.24, 2.45) is 0 Å². The number of fused-ring (bicyclic) bond motifs is 8. The number of Topliss-reactive ketones (excluding diaryl/α,β-unsaturated/α-hetero) is 1. The predicted molar refractivity (Wildman–Crippen MR) is 175 cm³/mol. The van der Waals surface area contributed by atoms with Crippen LogP contribution in [0.4, 0.5) is 0 Å². The van der Waals surface area contributed by atoms with Crippen molar-refractivity contribution in [3.05, 3.63) is 75.4 Å². The standard InChI is InChI=1S/C36H38N4O5/c1-9-20-16(3)23-13-25-18(5)22(11-12-29(41)44-7)33(39-25)31-32(36(43)45-8)35(42)30-19(6)26(40-34(30)31)15-28-21(10-2)17(4)24(38-28)14-27(20)37-23/h9,13-15,18,22,32,37,40H,1,10-12H2,2-8H3/t18-,22-,32?/m1/s1. The number of rotatable bonds is 6. The first kappa shape index (κ1) is 30.2. The number of nitrogens with one attached hydrogen (secondary N) is 2. The molecule has 1 aliphatic carbocycles. The fourth-order valence-electron chi connectivity index (χ4n) is 7.19. The maximum Gasteiger partial charge on any atom is 0.321 e. The Bertz CT molecular complexity index is 2010. The highest BCUT2D eigenvalue weighted by Gasteiger charge is 2.45. The lowest BCUT2D eigenvalue weighted by Gasteiger charge is -2.18. The number of esters is 2. The minimum absolute atomic E-state index is 0.122. The van der Waals surface area contributed by atoms with Crippen LogP contribution in [-0.4, -0.2) is 51.9 Å². The summed E-state index contributed by atoms with van der Waals surface area (Å²) >= 11 is 0. The Hall–Kier alpha value is -4.79. The normalized spacial score (nSPS) is 18.8. The molecule has 0 amide bonds. The first-order valence-electron chi connectivity index (χ1n) is 15.3. The quantitative estimate of drug-likeness (QED) is 0.224. The van der Waals surface area contributed by atoms with Crippen molar-refractivity contribution in [2.45, 2.75) is 71.6 Å². The zero-order valence-electron chi connectivity index (χ0n) is 26.8. The number of aromatic amines is 2. The molecule has 5 heterocycles. The van der Waals surface area contributed by atoms with Crippen molar-refractivity contribution in [3.63, 3.8) is 0 Å². The summed E-state index contributed by atoms with van der Waals surface area (Å²) in [7, 11) is 2.66. The van der Waals surface area contributed by atoms with Crippen LogP contribution >= 0.6 is 0 Å². The first-order chi connectivity index (χ1) is 21.5. The number of allylic oxidation sites excluding steroid dienone is 2. The molecule has 0 saturated carbocycles. The zero-order chi connectivity index (χ0) is 32.3. The van der Waals surface area contributed by atoms with E-state index in [0.717, 1.165) is 67.9 Å². The van der Waals surface area contributed by atoms with Gasteiger partial charge in [0.15, 0.2) is 5.78 Å². The van der Waals surface area contributed by atoms with Crippen LogP contribution < -0.4 is 0 Å². The van der Waals surface area contributed by atoms with Crippen LogP contribution in [0.15, 0.2) is 24.8 Å². The van der Waals surface area contributed by atoms with Gasteiger partial charge in [0, 0.05) is 57.2 Å². The summed E-state index contributed by atoms with van der Waals surface area (Å²) in [6, 6.07) is 6.07. The summed E-state index contributed by atoms with van der Waals surface area (Å²) < 4.78 is 10.1. The molecule has 6 rings (SSSR count). The van der Waals surface area contributed by atoms with Gasteiger partial charge >= 0.3 is 11.9 Å². The monoisotopic (exact) mass is 606 g/mol. The summed E-state index contributed by atoms with van der Waals surface area (Å²) in [6.45, 7) is 14.3. The Morgan fingerprint density at radius 2 is 1.69 bits per heavy atom. The predicted octanol–water partition coefficient (Wildman–Crippen LogP) is 7.21. The molecule has 3 aromatic rings. The van der Waals surface area contributed by atoms with Gasteiger partial charge in [-0.3, -0.25) is 19.4 Å². The fourth-order valence-corrected chi connectivity index (χ4v) is 7.19. The molecule has 0 fully saturated rings. The third kappa shape index (κ3) is 4.64. The van der Waals surface area contributed by atoms with E-state index in [1.165, 1.54) is 14.2 Å². The minimum Gasteiger partial charge on any atom is -0.469 e. The molecule has 8 bridgehead atoms. The van der Waals surface area contributed by atoms with Gasteiger partial charge in [0.1, 0.15) is 5.92 Å². The van der Waals surface area contributed by atoms with Crippen LogP contribution in [0.2, 0.25) is 0 Å². The van der Waals surface area contributed by atoms with Gasteiger partial charge in [-0.15, -0.1) is 0 Å². The van der Waals surface area contributed by atoms with Gasteiger partial charge in [-0.05, 0) is 74.1 Å². The molecule has 2 aliphatic heterocycles. The molecule has 9 heteroatoms. The number of carbonyl (C=O) groups excluding carboxylic acids is 3. The van der Waals surface area contributed by atoms with E-state index in [-0.39, 0.29) is 30.0 Å². The van der Waals surface area contributed by atoms with Crippen molar-refractivity contribution in [3.8, 4) is 0 Å². The summed E-state index contributed by atoms with van der Waals surface area (Å²) in [5.41, 5.74) is 12.1. The second-order valence-electron chi connectivity index (χ2n) is 12.0. The molecular formula is C36H38N4O5. The van der Waals surface area contributed by atoms with Crippen molar-refractivity contribution in [1.29, 1.82) is 0 Å². The van der Waals surface area contributed by atoms with Gasteiger partial charge in [0.05, 0.1) is 36.8 Å². The van der Waals surface area contributed by atoms with Gasteiger partial charge in [0.2, 0.25) is 0 Å². The lowest BCUT2D eigenvalue weighted by atomic mass is 9.84. The number of carbonyl (C=O) groups is 3. The van der Waals surface area contributed by atoms with E-state index in [9.17, 15) is 14.4 Å². The van der Waals surface area contributed by atoms with Crippen LogP contribution in [0.5, 0.6) is 0 Å². The van der Waals surface area contributed by atoms with Crippen molar-refractivity contribution in [2.75, 3.05) is 14.2 Å². The smallest absolute Gasteiger partial charge is 0.321 e. The molecular weight excluding hydrogens is 568 g/mol. The molecule has 0 saturated heterocycles. The van der Waals surface area contributed by atoms with Gasteiger partial charge in [-0.2, -0.15) is 0 Å². The lowest BCUT2D eigenvalue weighted by Crippen LogP contribution is -2.21. The van der Waals surface area contributed by atoms with Crippen LogP contribution in [0.3, 0.4) is 0 Å². The van der Waals surface area contributed by atoms with E-state index in [1.807, 2.05) is 32.1 Å². The van der Waals surface area contributed by atoms with Gasteiger partial charge in [-0.25, -0.2) is 4.98 Å². The number of hydrogen-bond acceptors (Lipinski definition) is 7. The summed E-state index contributed by atoms with van der Waals surface area (Å²) in [5.74, 6) is -2.83. The molecule has 0 aromatic carbocycles. The van der Waals surface area contributed by atoms with Gasteiger partial charge in [-0.1, -0.05) is 26.5 Å². The second-order valence-corrected chi connectivity index (χ2v) is 12.0. The molecule has 1 unspecified atom stereocenters. The molecule has 3 aromatic heterocycles. The Kier molecular flexibility index (Phi) is 7.59. The Morgan fingerprint density at radius 1 is 0.978 bits per heavy atom. The highest BCUT2D eigenvalue weighted by Crippen LogP contribution is 2.48. The molecule has 232 valence electrons. The number of nitrogens with zero attached hydrogens (tertiary/aromatic N) is 2. The number of aryl methyl sites for hydroxylation is 2. The topological polar surface area (TPSA) is 127 Å². The number of aromatic nitrogens is 4. The molecule has 3 aliphatic rings. The molecule has 0 radical (unpaired) electrons. The largest absolute Gasteiger partial charge is 0.469 e. The number of hydrogen-bond donors (Lipinski definition) is 2. The second kappa shape index (κ2) is 11.3. The van der Waals surface area contributed by atoms with Crippen LogP contribution in [0.1, 0.15) is 113 Å². The number of H-pyrrole nitrogens is 2. The van der Waals surface area contributed by atoms with Crippen LogP contribution in [0.25, 0.3) is 39.3 Å². The average molecular weight is 607 g/mol. The molecule has 2 N–H and O–H groups in total. The zero-order valence-corrected chi connectivity index (χ0v) is 26.8. The summed E-state index contributed by atoms with van der Waals surface area (Å²) in [5, 5.41) is 0. The number of methoxy groups -OCH3 is 2. The van der Waals surface area contributed by atoms with Crippen molar-refractivity contribution in [1.82, 2.24) is 19.9 Å². The number of ketones is 1. The van der Waals surface area contributed by atoms with Crippen LogP contribution in [0, 0.1) is 13.8 Å². The van der Waals surface area contributed by atoms with E-state index in [4.69, 9.17) is 19.4 Å². The van der Waals surface area contributed by atoms with Crippen LogP contribution in [-0.2, 0) is 19.1 Å². The van der Waals surface area contributed by atoms with Gasteiger partial charge < -0.3 is 19.4 Å². The van der Waals surface area contributed by atoms with E-state index in [2.05, 4.69) is 43.4 Å². The van der Waals surface area contributed by atoms with Crippen molar-refractivity contribution < 1.29 is 23.9 Å². The molecule has 3 atom stereocenters. The Balaban J connectivity index is 1.80. The summed E-state index contributed by atoms with van der Waals surface area (Å²) in [6.07, 6.45) is 3.23. The lowest BCUT2D eigenvalue weighted by molar-refractivity contribution is -0.142. The van der Waals surface area contributed by atoms with Gasteiger partial charge in [0.25, 0.3) is 0 Å². The highest BCUT2D eigenvalue weighted by atomic mass is 16.5. The fraction of sp³-hybridized carbons (Fsp3) is 0.361. The highest BCUT2D eigenvalue weighted by molar-refractivity contribution is 6.23. The third-order valence-electron chi connectivity index (χ3n) is 9.79. The third-order valence-corrected chi connectivity index (χ3v) is 9.79. The van der Waals surface area contributed by atoms with Crippen molar-refractivity contribution >= 4 is 57.0 Å². The Morgan fingerprint density at radius 3 is 2.36 bits per heavy atom. The SMILES string of the molecule is C=Cc1c(C)c2cc3nc(c4c5[nH]c(cc6nc(cc1[nH]2)C(C)=C6CC)c(C)c5C(=O)C4C(=O)OC)[C@H](CCC(=O)OC)[C@H]3C. The average Bonchev–Trinajstić information content (AvgIpc) is 3.76. The van der Waals surface area contributed by atoms with E-state index in [0.29, 0.717) is 28.8 Å². The Labute approximate surface area is 261 Å². The maximum absolute atomic E-state index is 14.1.